The second-order valence-corrected chi connectivity index (χ2v) is 4.51. The standard InChI is InChI=1S/C12H13N3OS/c13-15-9-4-5-14-10(6-9)8-17-12-3-1-2-11(16)7-12/h1-7,16H,8,13H2,(H,14,15). The first-order chi connectivity index (χ1) is 8.28. The molecule has 5 heteroatoms. The smallest absolute Gasteiger partial charge is 0.116 e. The van der Waals surface area contributed by atoms with Gasteiger partial charge in [-0.15, -0.1) is 11.8 Å². The van der Waals surface area contributed by atoms with Crippen LogP contribution in [0.1, 0.15) is 5.69 Å². The molecule has 0 unspecified atom stereocenters. The second kappa shape index (κ2) is 5.56. The van der Waals surface area contributed by atoms with Gasteiger partial charge in [-0.25, -0.2) is 0 Å². The fraction of sp³-hybridized carbons (Fsp3) is 0.0833. The Labute approximate surface area is 104 Å². The van der Waals surface area contributed by atoms with Crippen LogP contribution in [0.3, 0.4) is 0 Å². The first kappa shape index (κ1) is 11.8. The minimum Gasteiger partial charge on any atom is -0.508 e. The highest BCUT2D eigenvalue weighted by atomic mass is 32.2. The number of hydrogen-bond donors (Lipinski definition) is 3. The summed E-state index contributed by atoms with van der Waals surface area (Å²) in [6.07, 6.45) is 1.72. The van der Waals surface area contributed by atoms with E-state index in [1.807, 2.05) is 24.3 Å². The van der Waals surface area contributed by atoms with Gasteiger partial charge in [0.1, 0.15) is 5.75 Å². The normalized spacial score (nSPS) is 10.2. The Morgan fingerprint density at radius 3 is 2.94 bits per heavy atom. The molecule has 0 radical (unpaired) electrons. The summed E-state index contributed by atoms with van der Waals surface area (Å²) in [6, 6.07) is 10.9. The molecule has 0 aliphatic carbocycles. The van der Waals surface area contributed by atoms with Gasteiger partial charge in [0.2, 0.25) is 0 Å². The summed E-state index contributed by atoms with van der Waals surface area (Å²) in [5.41, 5.74) is 4.36. The summed E-state index contributed by atoms with van der Waals surface area (Å²) in [5, 5.41) is 9.34. The number of phenolic OH excluding ortho intramolecular Hbond substituents is 1. The molecule has 1 aromatic carbocycles. The molecule has 17 heavy (non-hydrogen) atoms. The predicted molar refractivity (Wildman–Crippen MR) is 69.7 cm³/mol. The predicted octanol–water partition coefficient (Wildman–Crippen LogP) is 2.37. The average molecular weight is 247 g/mol. The number of nitrogens with zero attached hydrogens (tertiary/aromatic N) is 1. The van der Waals surface area contributed by atoms with Crippen LogP contribution in [0.15, 0.2) is 47.5 Å². The molecule has 4 nitrogen and oxygen atoms in total. The highest BCUT2D eigenvalue weighted by Crippen LogP contribution is 2.25. The van der Waals surface area contributed by atoms with Crippen LogP contribution in [0.25, 0.3) is 0 Å². The van der Waals surface area contributed by atoms with E-state index in [9.17, 15) is 5.11 Å². The van der Waals surface area contributed by atoms with E-state index in [0.29, 0.717) is 0 Å². The van der Waals surface area contributed by atoms with Gasteiger partial charge < -0.3 is 10.5 Å². The summed E-state index contributed by atoms with van der Waals surface area (Å²) in [7, 11) is 0. The number of thioether (sulfide) groups is 1. The molecule has 4 N–H and O–H groups in total. The largest absolute Gasteiger partial charge is 0.508 e. The Bertz CT molecular complexity index is 505. The van der Waals surface area contributed by atoms with Crippen molar-refractivity contribution < 1.29 is 5.11 Å². The van der Waals surface area contributed by atoms with E-state index in [1.165, 1.54) is 0 Å². The zero-order valence-corrected chi connectivity index (χ0v) is 9.95. The highest BCUT2D eigenvalue weighted by molar-refractivity contribution is 7.98. The van der Waals surface area contributed by atoms with Gasteiger partial charge in [0.05, 0.1) is 11.4 Å². The van der Waals surface area contributed by atoms with E-state index < -0.39 is 0 Å². The highest BCUT2D eigenvalue weighted by Gasteiger charge is 1.99. The van der Waals surface area contributed by atoms with E-state index in [4.69, 9.17) is 5.84 Å². The van der Waals surface area contributed by atoms with Gasteiger partial charge in [0.25, 0.3) is 0 Å². The molecule has 0 amide bonds. The Balaban J connectivity index is 2.02. The van der Waals surface area contributed by atoms with Crippen molar-refractivity contribution in [2.45, 2.75) is 10.6 Å². The minimum absolute atomic E-state index is 0.278. The number of hydrogen-bond acceptors (Lipinski definition) is 5. The van der Waals surface area contributed by atoms with Crippen molar-refractivity contribution in [1.82, 2.24) is 4.98 Å². The van der Waals surface area contributed by atoms with Crippen molar-refractivity contribution in [3.63, 3.8) is 0 Å². The van der Waals surface area contributed by atoms with Crippen LogP contribution < -0.4 is 11.3 Å². The SMILES string of the molecule is NNc1ccnc(CSc2cccc(O)c2)c1. The number of aromatic hydroxyl groups is 1. The van der Waals surface area contributed by atoms with Gasteiger partial charge in [0.15, 0.2) is 0 Å². The molecule has 0 fully saturated rings. The zero-order valence-electron chi connectivity index (χ0n) is 9.13. The lowest BCUT2D eigenvalue weighted by Gasteiger charge is -2.04. The summed E-state index contributed by atoms with van der Waals surface area (Å²) in [5.74, 6) is 6.34. The molecule has 0 aliphatic heterocycles. The first-order valence-corrected chi connectivity index (χ1v) is 6.10. The molecule has 1 heterocycles. The third kappa shape index (κ3) is 3.37. The average Bonchev–Trinajstić information content (AvgIpc) is 2.37. The lowest BCUT2D eigenvalue weighted by Crippen LogP contribution is -2.07. The molecule has 1 aromatic heterocycles. The van der Waals surface area contributed by atoms with Gasteiger partial charge in [-0.2, -0.15) is 0 Å². The number of nitrogen functional groups attached to an aromatic ring is 1. The Kier molecular flexibility index (Phi) is 3.85. The quantitative estimate of drug-likeness (QED) is 0.439. The molecule has 2 rings (SSSR count). The lowest BCUT2D eigenvalue weighted by atomic mass is 10.3. The van der Waals surface area contributed by atoms with Crippen molar-refractivity contribution in [1.29, 1.82) is 0 Å². The minimum atomic E-state index is 0.278. The van der Waals surface area contributed by atoms with Crippen molar-refractivity contribution in [3.8, 4) is 5.75 Å². The maximum Gasteiger partial charge on any atom is 0.116 e. The van der Waals surface area contributed by atoms with Crippen LogP contribution in [0, 0.1) is 0 Å². The van der Waals surface area contributed by atoms with Crippen LogP contribution in [-0.4, -0.2) is 10.1 Å². The third-order valence-corrected chi connectivity index (χ3v) is 3.21. The summed E-state index contributed by atoms with van der Waals surface area (Å²) >= 11 is 1.62. The van der Waals surface area contributed by atoms with Crippen molar-refractivity contribution >= 4 is 17.4 Å². The summed E-state index contributed by atoms with van der Waals surface area (Å²) < 4.78 is 0. The number of benzene rings is 1. The molecule has 88 valence electrons. The molecular formula is C12H13N3OS. The zero-order chi connectivity index (χ0) is 12.1. The number of rotatable bonds is 4. The van der Waals surface area contributed by atoms with Crippen LogP contribution in [0.4, 0.5) is 5.69 Å². The summed E-state index contributed by atoms with van der Waals surface area (Å²) in [6.45, 7) is 0. The van der Waals surface area contributed by atoms with Gasteiger partial charge in [0, 0.05) is 16.8 Å². The topological polar surface area (TPSA) is 71.2 Å². The maximum absolute atomic E-state index is 9.34. The van der Waals surface area contributed by atoms with E-state index in [-0.39, 0.29) is 5.75 Å². The Morgan fingerprint density at radius 2 is 2.18 bits per heavy atom. The van der Waals surface area contributed by atoms with Gasteiger partial charge in [-0.05, 0) is 30.3 Å². The van der Waals surface area contributed by atoms with Crippen LogP contribution in [-0.2, 0) is 5.75 Å². The number of phenols is 1. The Hall–Kier alpha value is -1.72. The van der Waals surface area contributed by atoms with E-state index in [2.05, 4.69) is 10.4 Å². The maximum atomic E-state index is 9.34. The monoisotopic (exact) mass is 247 g/mol. The Morgan fingerprint density at radius 1 is 1.29 bits per heavy atom. The fourth-order valence-electron chi connectivity index (χ4n) is 1.38. The molecule has 0 spiro atoms. The molecule has 0 saturated carbocycles. The van der Waals surface area contributed by atoms with Crippen molar-refractivity contribution in [3.05, 3.63) is 48.3 Å². The van der Waals surface area contributed by atoms with Gasteiger partial charge >= 0.3 is 0 Å². The second-order valence-electron chi connectivity index (χ2n) is 3.47. The molecule has 0 bridgehead atoms. The summed E-state index contributed by atoms with van der Waals surface area (Å²) in [4.78, 5) is 5.26. The number of nitrogens with one attached hydrogen (secondary N) is 1. The van der Waals surface area contributed by atoms with Gasteiger partial charge in [-0.3, -0.25) is 10.8 Å². The number of anilines is 1. The number of aromatic nitrogens is 1. The first-order valence-electron chi connectivity index (χ1n) is 5.11. The fourth-order valence-corrected chi connectivity index (χ4v) is 2.23. The lowest BCUT2D eigenvalue weighted by molar-refractivity contribution is 0.474. The van der Waals surface area contributed by atoms with Crippen LogP contribution in [0.5, 0.6) is 5.75 Å². The molecule has 0 atom stereocenters. The molecule has 2 aromatic rings. The van der Waals surface area contributed by atoms with Crippen LogP contribution >= 0.6 is 11.8 Å². The number of pyridine rings is 1. The van der Waals surface area contributed by atoms with E-state index in [1.54, 1.807) is 30.1 Å². The number of nitrogens with two attached hydrogens (primary N) is 1. The third-order valence-electron chi connectivity index (χ3n) is 2.19. The van der Waals surface area contributed by atoms with Crippen LogP contribution in [0.2, 0.25) is 0 Å². The molecule has 0 aliphatic rings. The van der Waals surface area contributed by atoms with Gasteiger partial charge in [-0.1, -0.05) is 6.07 Å². The van der Waals surface area contributed by atoms with Crippen molar-refractivity contribution in [2.24, 2.45) is 5.84 Å². The van der Waals surface area contributed by atoms with E-state index in [0.717, 1.165) is 22.0 Å². The van der Waals surface area contributed by atoms with E-state index >= 15 is 0 Å². The van der Waals surface area contributed by atoms with Crippen molar-refractivity contribution in [2.75, 3.05) is 5.43 Å². The number of hydrazine groups is 1. The molecular weight excluding hydrogens is 234 g/mol. The molecule has 0 saturated heterocycles.